The molecule has 0 unspecified atom stereocenters. The summed E-state index contributed by atoms with van der Waals surface area (Å²) in [6.45, 7) is 3.46. The van der Waals surface area contributed by atoms with Crippen LogP contribution >= 0.6 is 0 Å². The van der Waals surface area contributed by atoms with E-state index in [1.807, 2.05) is 6.07 Å². The average molecular weight is 282 g/mol. The highest BCUT2D eigenvalue weighted by molar-refractivity contribution is 5.86. The Labute approximate surface area is 126 Å². The molecule has 1 amide bonds. The number of rotatable bonds is 2. The van der Waals surface area contributed by atoms with Gasteiger partial charge in [-0.25, -0.2) is 0 Å². The van der Waals surface area contributed by atoms with Gasteiger partial charge in [0.2, 0.25) is 5.91 Å². The highest BCUT2D eigenvalue weighted by atomic mass is 16.2. The molecule has 3 heterocycles. The van der Waals surface area contributed by atoms with Gasteiger partial charge >= 0.3 is 0 Å². The largest absolute Gasteiger partial charge is 0.351 e. The predicted molar refractivity (Wildman–Crippen MR) is 83.1 cm³/mol. The maximum atomic E-state index is 12.7. The Kier molecular flexibility index (Phi) is 3.30. The number of fused-ring (bicyclic) bond motifs is 4. The first-order valence-corrected chi connectivity index (χ1v) is 8.08. The molecule has 1 aromatic rings. The molecule has 5 rings (SSSR count). The van der Waals surface area contributed by atoms with Crippen LogP contribution in [0.1, 0.15) is 29.9 Å². The van der Waals surface area contributed by atoms with Crippen molar-refractivity contribution < 1.29 is 4.79 Å². The number of benzene rings is 1. The summed E-state index contributed by atoms with van der Waals surface area (Å²) in [4.78, 5) is 15.2. The minimum Gasteiger partial charge on any atom is -0.351 e. The topological polar surface area (TPSA) is 32.3 Å². The van der Waals surface area contributed by atoms with Gasteiger partial charge in [0.15, 0.2) is 0 Å². The summed E-state index contributed by atoms with van der Waals surface area (Å²) in [5.74, 6) is 0.754. The Balaban J connectivity index is 1.50. The summed E-state index contributed by atoms with van der Waals surface area (Å²) < 4.78 is 0. The number of carbonyl (C=O) groups excluding carboxylic acids is 1. The van der Waals surface area contributed by atoms with E-state index in [4.69, 9.17) is 0 Å². The van der Waals surface area contributed by atoms with Crippen molar-refractivity contribution in [2.24, 2.45) is 5.92 Å². The van der Waals surface area contributed by atoms with Crippen LogP contribution in [0, 0.1) is 5.92 Å². The zero-order valence-electron chi connectivity index (χ0n) is 12.3. The SMILES string of the molecule is O=C(N[C@@H]1CN2CCC1CC2)[C@H]1C=CCc2ccccc21. The van der Waals surface area contributed by atoms with Crippen molar-refractivity contribution >= 4 is 5.91 Å². The van der Waals surface area contributed by atoms with Crippen molar-refractivity contribution in [3.05, 3.63) is 47.5 Å². The molecule has 1 aliphatic carbocycles. The van der Waals surface area contributed by atoms with Crippen LogP contribution in [0.15, 0.2) is 36.4 Å². The number of hydrogen-bond donors (Lipinski definition) is 1. The number of nitrogens with zero attached hydrogens (tertiary/aromatic N) is 1. The molecule has 21 heavy (non-hydrogen) atoms. The second-order valence-electron chi connectivity index (χ2n) is 6.56. The van der Waals surface area contributed by atoms with Crippen molar-refractivity contribution in [3.8, 4) is 0 Å². The smallest absolute Gasteiger partial charge is 0.231 e. The van der Waals surface area contributed by atoms with Crippen LogP contribution in [0.4, 0.5) is 0 Å². The predicted octanol–water partition coefficient (Wildman–Crippen LogP) is 2.09. The molecule has 3 fully saturated rings. The Morgan fingerprint density at radius 1 is 1.19 bits per heavy atom. The number of amides is 1. The molecule has 1 N–H and O–H groups in total. The fraction of sp³-hybridized carbons (Fsp3) is 0.500. The molecule has 0 saturated carbocycles. The van der Waals surface area contributed by atoms with Crippen molar-refractivity contribution in [3.63, 3.8) is 0 Å². The zero-order chi connectivity index (χ0) is 14.2. The molecule has 1 aromatic carbocycles. The van der Waals surface area contributed by atoms with Crippen molar-refractivity contribution in [2.75, 3.05) is 19.6 Å². The molecule has 3 saturated heterocycles. The van der Waals surface area contributed by atoms with Gasteiger partial charge in [0, 0.05) is 12.6 Å². The van der Waals surface area contributed by atoms with Crippen LogP contribution in [0.25, 0.3) is 0 Å². The summed E-state index contributed by atoms with van der Waals surface area (Å²) in [6.07, 6.45) is 7.62. The number of hydrogen-bond acceptors (Lipinski definition) is 2. The lowest BCUT2D eigenvalue weighted by atomic mass is 9.82. The van der Waals surface area contributed by atoms with Gasteiger partial charge in [-0.15, -0.1) is 0 Å². The van der Waals surface area contributed by atoms with Crippen molar-refractivity contribution in [1.82, 2.24) is 10.2 Å². The Bertz CT molecular complexity index is 572. The summed E-state index contributed by atoms with van der Waals surface area (Å²) in [7, 11) is 0. The van der Waals surface area contributed by atoms with Crippen LogP contribution in [-0.4, -0.2) is 36.5 Å². The molecule has 3 nitrogen and oxygen atoms in total. The zero-order valence-corrected chi connectivity index (χ0v) is 12.3. The summed E-state index contributed by atoms with van der Waals surface area (Å²) in [6, 6.07) is 8.67. The highest BCUT2D eigenvalue weighted by Crippen LogP contribution is 2.30. The van der Waals surface area contributed by atoms with Crippen molar-refractivity contribution in [2.45, 2.75) is 31.2 Å². The molecule has 3 aliphatic heterocycles. The van der Waals surface area contributed by atoms with Gasteiger partial charge in [-0.1, -0.05) is 36.4 Å². The normalized spacial score (nSPS) is 33.5. The van der Waals surface area contributed by atoms with Gasteiger partial charge < -0.3 is 10.2 Å². The molecule has 3 heteroatoms. The van der Waals surface area contributed by atoms with E-state index in [0.29, 0.717) is 12.0 Å². The molecular weight excluding hydrogens is 260 g/mol. The van der Waals surface area contributed by atoms with E-state index in [9.17, 15) is 4.79 Å². The molecule has 110 valence electrons. The molecule has 0 aromatic heterocycles. The van der Waals surface area contributed by atoms with E-state index in [1.54, 1.807) is 0 Å². The van der Waals surface area contributed by atoms with Gasteiger partial charge in [-0.2, -0.15) is 0 Å². The number of piperidine rings is 3. The van der Waals surface area contributed by atoms with Crippen LogP contribution < -0.4 is 5.32 Å². The Morgan fingerprint density at radius 3 is 2.76 bits per heavy atom. The molecule has 0 radical (unpaired) electrons. The van der Waals surface area contributed by atoms with Crippen LogP contribution in [0.5, 0.6) is 0 Å². The minimum absolute atomic E-state index is 0.106. The fourth-order valence-electron chi connectivity index (χ4n) is 4.09. The van der Waals surface area contributed by atoms with Crippen LogP contribution in [0.2, 0.25) is 0 Å². The quantitative estimate of drug-likeness (QED) is 0.843. The Morgan fingerprint density at radius 2 is 2.00 bits per heavy atom. The monoisotopic (exact) mass is 282 g/mol. The number of nitrogens with one attached hydrogen (secondary N) is 1. The first-order valence-electron chi connectivity index (χ1n) is 8.08. The van der Waals surface area contributed by atoms with Gasteiger partial charge in [0.25, 0.3) is 0 Å². The van der Waals surface area contributed by atoms with Gasteiger partial charge in [-0.05, 0) is 49.4 Å². The molecule has 2 bridgehead atoms. The van der Waals surface area contributed by atoms with E-state index < -0.39 is 0 Å². The lowest BCUT2D eigenvalue weighted by Gasteiger charge is -2.45. The first-order chi connectivity index (χ1) is 10.3. The first kappa shape index (κ1) is 13.1. The number of allylic oxidation sites excluding steroid dienone is 1. The summed E-state index contributed by atoms with van der Waals surface area (Å²) in [5, 5.41) is 3.33. The second kappa shape index (κ2) is 5.30. The summed E-state index contributed by atoms with van der Waals surface area (Å²) in [5.41, 5.74) is 2.47. The van der Waals surface area contributed by atoms with Gasteiger partial charge in [-0.3, -0.25) is 4.79 Å². The fourth-order valence-corrected chi connectivity index (χ4v) is 4.09. The molecule has 0 spiro atoms. The van der Waals surface area contributed by atoms with E-state index in [2.05, 4.69) is 40.6 Å². The molecule has 2 atom stereocenters. The lowest BCUT2D eigenvalue weighted by Crippen LogP contribution is -2.57. The van der Waals surface area contributed by atoms with Crippen molar-refractivity contribution in [1.29, 1.82) is 0 Å². The summed E-state index contributed by atoms with van der Waals surface area (Å²) >= 11 is 0. The highest BCUT2D eigenvalue weighted by Gasteiger charge is 2.36. The maximum Gasteiger partial charge on any atom is 0.231 e. The van der Waals surface area contributed by atoms with E-state index in [-0.39, 0.29) is 11.8 Å². The molecular formula is C18H22N2O. The average Bonchev–Trinajstić information content (AvgIpc) is 2.55. The third-order valence-electron chi connectivity index (χ3n) is 5.32. The third kappa shape index (κ3) is 2.40. The third-order valence-corrected chi connectivity index (χ3v) is 5.32. The maximum absolute atomic E-state index is 12.7. The standard InChI is InChI=1S/C18H22N2O/c21-18(19-17-12-20-10-8-14(17)9-11-20)16-7-3-5-13-4-1-2-6-15(13)16/h1-4,6-7,14,16-17H,5,8-12H2,(H,19,21)/t16-,17+/m0/s1. The minimum atomic E-state index is -0.106. The number of carbonyl (C=O) groups is 1. The van der Waals surface area contributed by atoms with Gasteiger partial charge in [0.1, 0.15) is 0 Å². The van der Waals surface area contributed by atoms with E-state index >= 15 is 0 Å². The Hall–Kier alpha value is -1.61. The van der Waals surface area contributed by atoms with Crippen LogP contribution in [0.3, 0.4) is 0 Å². The second-order valence-corrected chi connectivity index (χ2v) is 6.56. The molecule has 4 aliphatic rings. The van der Waals surface area contributed by atoms with Gasteiger partial charge in [0.05, 0.1) is 5.92 Å². The van der Waals surface area contributed by atoms with Crippen LogP contribution in [-0.2, 0) is 11.2 Å². The van der Waals surface area contributed by atoms with E-state index in [0.717, 1.165) is 13.0 Å². The lowest BCUT2D eigenvalue weighted by molar-refractivity contribution is -0.123. The van der Waals surface area contributed by atoms with E-state index in [1.165, 1.54) is 37.1 Å².